The van der Waals surface area contributed by atoms with E-state index in [4.69, 9.17) is 4.74 Å². The lowest BCUT2D eigenvalue weighted by Gasteiger charge is -2.34. The van der Waals surface area contributed by atoms with Crippen molar-refractivity contribution < 1.29 is 9.84 Å². The van der Waals surface area contributed by atoms with Crippen LogP contribution in [0, 0.1) is 0 Å². The van der Waals surface area contributed by atoms with E-state index in [1.807, 2.05) is 12.1 Å². The second kappa shape index (κ2) is 12.5. The predicted octanol–water partition coefficient (Wildman–Crippen LogP) is 7.68. The standard InChI is InChI=1S/C33H41NO2/c35-29-19-20-32-30(24-29)33(31(25-36-32)27-13-7-5-8-14-27)28-17-15-26(16-18-28)12-6-3-1-2-4-9-21-34-22-10-11-23-34/h5,7-8,13-20,24,31,33,35H,1-4,6,9-12,21-23,25H2/t31-,33-/m1/s1. The van der Waals surface area contributed by atoms with Crippen LogP contribution in [-0.4, -0.2) is 36.2 Å². The Morgan fingerprint density at radius 2 is 1.47 bits per heavy atom. The highest BCUT2D eigenvalue weighted by atomic mass is 16.5. The van der Waals surface area contributed by atoms with Gasteiger partial charge in [-0.1, -0.05) is 80.3 Å². The number of fused-ring (bicyclic) bond motifs is 1. The predicted molar refractivity (Wildman–Crippen MR) is 148 cm³/mol. The first-order valence-electron chi connectivity index (χ1n) is 14.1. The van der Waals surface area contributed by atoms with Crippen molar-refractivity contribution in [2.24, 2.45) is 0 Å². The molecule has 2 heterocycles. The molecular formula is C33H41NO2. The Kier molecular flexibility index (Phi) is 8.61. The first-order chi connectivity index (χ1) is 17.8. The second-order valence-electron chi connectivity index (χ2n) is 10.7. The zero-order valence-electron chi connectivity index (χ0n) is 21.6. The number of rotatable bonds is 11. The Morgan fingerprint density at radius 3 is 2.25 bits per heavy atom. The van der Waals surface area contributed by atoms with Gasteiger partial charge in [-0.3, -0.25) is 0 Å². The van der Waals surface area contributed by atoms with Gasteiger partial charge in [0.05, 0.1) is 6.61 Å². The number of hydrogen-bond donors (Lipinski definition) is 1. The van der Waals surface area contributed by atoms with Crippen LogP contribution >= 0.6 is 0 Å². The van der Waals surface area contributed by atoms with Gasteiger partial charge in [-0.05, 0) is 86.6 Å². The minimum Gasteiger partial charge on any atom is -0.508 e. The van der Waals surface area contributed by atoms with Crippen LogP contribution in [0.15, 0.2) is 72.8 Å². The molecule has 3 aromatic carbocycles. The lowest BCUT2D eigenvalue weighted by atomic mass is 9.75. The molecular weight excluding hydrogens is 442 g/mol. The third-order valence-corrected chi connectivity index (χ3v) is 8.10. The number of hydrogen-bond acceptors (Lipinski definition) is 3. The molecule has 0 aliphatic carbocycles. The van der Waals surface area contributed by atoms with Crippen LogP contribution in [0.1, 0.15) is 85.5 Å². The summed E-state index contributed by atoms with van der Waals surface area (Å²) in [5.74, 6) is 1.56. The maximum Gasteiger partial charge on any atom is 0.123 e. The van der Waals surface area contributed by atoms with Crippen LogP contribution in [0.2, 0.25) is 0 Å². The highest BCUT2D eigenvalue weighted by molar-refractivity contribution is 5.50. The molecule has 2 aliphatic rings. The molecule has 0 spiro atoms. The van der Waals surface area contributed by atoms with Crippen LogP contribution in [-0.2, 0) is 6.42 Å². The largest absolute Gasteiger partial charge is 0.508 e. The molecule has 3 nitrogen and oxygen atoms in total. The Labute approximate surface area is 217 Å². The average molecular weight is 484 g/mol. The number of likely N-dealkylation sites (tertiary alicyclic amines) is 1. The van der Waals surface area contributed by atoms with Gasteiger partial charge >= 0.3 is 0 Å². The number of nitrogens with zero attached hydrogens (tertiary/aromatic N) is 1. The fraction of sp³-hybridized carbons (Fsp3) is 0.455. The number of aromatic hydroxyl groups is 1. The molecule has 0 radical (unpaired) electrons. The van der Waals surface area contributed by atoms with Gasteiger partial charge in [-0.25, -0.2) is 0 Å². The highest BCUT2D eigenvalue weighted by Crippen LogP contribution is 2.47. The van der Waals surface area contributed by atoms with Crippen LogP contribution < -0.4 is 4.74 Å². The van der Waals surface area contributed by atoms with Gasteiger partial charge in [0.15, 0.2) is 0 Å². The zero-order chi connectivity index (χ0) is 24.6. The first kappa shape index (κ1) is 24.9. The molecule has 0 bridgehead atoms. The average Bonchev–Trinajstić information content (AvgIpc) is 3.44. The third kappa shape index (κ3) is 6.31. The SMILES string of the molecule is Oc1ccc2c(c1)[C@@H](c1ccc(CCCCCCCCN3CCCC3)cc1)[C@@H](c1ccccc1)CO2. The van der Waals surface area contributed by atoms with Crippen molar-refractivity contribution in [2.45, 2.75) is 69.6 Å². The zero-order valence-corrected chi connectivity index (χ0v) is 21.6. The molecule has 1 N–H and O–H groups in total. The molecule has 0 saturated carbocycles. The summed E-state index contributed by atoms with van der Waals surface area (Å²) in [5, 5.41) is 10.2. The van der Waals surface area contributed by atoms with Crippen molar-refractivity contribution in [3.63, 3.8) is 0 Å². The van der Waals surface area contributed by atoms with Crippen molar-refractivity contribution in [1.29, 1.82) is 0 Å². The lowest BCUT2D eigenvalue weighted by molar-refractivity contribution is 0.248. The van der Waals surface area contributed by atoms with Gasteiger partial charge in [0.2, 0.25) is 0 Å². The van der Waals surface area contributed by atoms with Crippen LogP contribution in [0.4, 0.5) is 0 Å². The molecule has 190 valence electrons. The van der Waals surface area contributed by atoms with Crippen molar-refractivity contribution in [2.75, 3.05) is 26.2 Å². The summed E-state index contributed by atoms with van der Waals surface area (Å²) in [6, 6.07) is 25.4. The van der Waals surface area contributed by atoms with Crippen LogP contribution in [0.25, 0.3) is 0 Å². The maximum absolute atomic E-state index is 10.2. The Hall–Kier alpha value is -2.78. The van der Waals surface area contributed by atoms with Gasteiger partial charge in [0.1, 0.15) is 11.5 Å². The molecule has 1 fully saturated rings. The normalized spacial score (nSPS) is 19.7. The minimum atomic E-state index is 0.165. The number of phenolic OH excluding ortho intramolecular Hbond substituents is 1. The number of phenols is 1. The van der Waals surface area contributed by atoms with Crippen LogP contribution in [0.3, 0.4) is 0 Å². The van der Waals surface area contributed by atoms with Crippen LogP contribution in [0.5, 0.6) is 11.5 Å². The van der Waals surface area contributed by atoms with E-state index in [-0.39, 0.29) is 11.8 Å². The molecule has 1 saturated heterocycles. The Balaban J connectivity index is 1.16. The molecule has 36 heavy (non-hydrogen) atoms. The van der Waals surface area contributed by atoms with E-state index in [0.29, 0.717) is 12.4 Å². The topological polar surface area (TPSA) is 32.7 Å². The van der Waals surface area contributed by atoms with E-state index in [1.165, 1.54) is 87.7 Å². The molecule has 2 aliphatic heterocycles. The maximum atomic E-state index is 10.2. The summed E-state index contributed by atoms with van der Waals surface area (Å²) in [6.45, 7) is 4.62. The molecule has 3 heteroatoms. The van der Waals surface area contributed by atoms with Gasteiger partial charge in [-0.2, -0.15) is 0 Å². The number of unbranched alkanes of at least 4 members (excludes halogenated alkanes) is 5. The van der Waals surface area contributed by atoms with Gasteiger partial charge in [-0.15, -0.1) is 0 Å². The van der Waals surface area contributed by atoms with Crippen molar-refractivity contribution in [1.82, 2.24) is 4.90 Å². The van der Waals surface area contributed by atoms with Gasteiger partial charge < -0.3 is 14.7 Å². The highest BCUT2D eigenvalue weighted by Gasteiger charge is 2.33. The van der Waals surface area contributed by atoms with Gasteiger partial charge in [0, 0.05) is 17.4 Å². The van der Waals surface area contributed by atoms with Gasteiger partial charge in [0.25, 0.3) is 0 Å². The summed E-state index contributed by atoms with van der Waals surface area (Å²) in [4.78, 5) is 2.63. The molecule has 2 atom stereocenters. The summed E-state index contributed by atoms with van der Waals surface area (Å²) < 4.78 is 6.13. The second-order valence-corrected chi connectivity index (χ2v) is 10.7. The molecule has 5 rings (SSSR count). The smallest absolute Gasteiger partial charge is 0.123 e. The fourth-order valence-electron chi connectivity index (χ4n) is 6.07. The monoisotopic (exact) mass is 483 g/mol. The van der Waals surface area contributed by atoms with Crippen molar-refractivity contribution in [3.8, 4) is 11.5 Å². The molecule has 0 unspecified atom stereocenters. The van der Waals surface area contributed by atoms with E-state index in [0.717, 1.165) is 17.7 Å². The van der Waals surface area contributed by atoms with E-state index >= 15 is 0 Å². The van der Waals surface area contributed by atoms with E-state index < -0.39 is 0 Å². The first-order valence-corrected chi connectivity index (χ1v) is 14.1. The Morgan fingerprint density at radius 1 is 0.750 bits per heavy atom. The molecule has 0 amide bonds. The minimum absolute atomic E-state index is 0.165. The van der Waals surface area contributed by atoms with Crippen molar-refractivity contribution in [3.05, 3.63) is 95.1 Å². The van der Waals surface area contributed by atoms with E-state index in [2.05, 4.69) is 59.5 Å². The van der Waals surface area contributed by atoms with E-state index in [9.17, 15) is 5.11 Å². The number of benzene rings is 3. The molecule has 3 aromatic rings. The third-order valence-electron chi connectivity index (χ3n) is 8.10. The summed E-state index contributed by atoms with van der Waals surface area (Å²) in [6.07, 6.45) is 12.1. The lowest BCUT2D eigenvalue weighted by Crippen LogP contribution is -2.25. The van der Waals surface area contributed by atoms with E-state index in [1.54, 1.807) is 6.07 Å². The Bertz CT molecular complexity index is 1070. The fourth-order valence-corrected chi connectivity index (χ4v) is 6.07. The molecule has 0 aromatic heterocycles. The van der Waals surface area contributed by atoms with Crippen molar-refractivity contribution >= 4 is 0 Å². The summed E-state index contributed by atoms with van der Waals surface area (Å²) in [7, 11) is 0. The summed E-state index contributed by atoms with van der Waals surface area (Å²) >= 11 is 0. The quantitative estimate of drug-likeness (QED) is 0.284. The number of ether oxygens (including phenoxy) is 1. The number of aryl methyl sites for hydroxylation is 1. The summed E-state index contributed by atoms with van der Waals surface area (Å²) in [5.41, 5.74) is 5.07.